The van der Waals surface area contributed by atoms with E-state index >= 15 is 0 Å². The molecule has 0 atom stereocenters. The summed E-state index contributed by atoms with van der Waals surface area (Å²) in [6, 6.07) is 6.69. The van der Waals surface area contributed by atoms with Crippen LogP contribution in [0.3, 0.4) is 0 Å². The lowest BCUT2D eigenvalue weighted by Gasteiger charge is -2.00. The molecule has 0 amide bonds. The van der Waals surface area contributed by atoms with E-state index in [-0.39, 0.29) is 12.2 Å². The Labute approximate surface area is 106 Å². The van der Waals surface area contributed by atoms with Crippen LogP contribution in [0.25, 0.3) is 0 Å². The molecule has 0 spiro atoms. The average Bonchev–Trinajstić information content (AvgIpc) is 2.70. The first-order chi connectivity index (χ1) is 8.06. The fourth-order valence-electron chi connectivity index (χ4n) is 1.39. The Bertz CT molecular complexity index is 565. The molecule has 0 unspecified atom stereocenters. The molecule has 17 heavy (non-hydrogen) atoms. The van der Waals surface area contributed by atoms with Crippen LogP contribution in [0.1, 0.15) is 15.2 Å². The number of hydrogen-bond donors (Lipinski definition) is 0. The molecule has 1 heterocycles. The summed E-state index contributed by atoms with van der Waals surface area (Å²) in [6.45, 7) is 0. The van der Waals surface area contributed by atoms with E-state index in [0.717, 1.165) is 12.1 Å². The molecule has 2 aromatic rings. The fraction of sp³-hybridized carbons (Fsp3) is 0.0833. The van der Waals surface area contributed by atoms with Crippen LogP contribution in [0.4, 0.5) is 8.78 Å². The number of halogens is 3. The van der Waals surface area contributed by atoms with Gasteiger partial charge < -0.3 is 0 Å². The minimum absolute atomic E-state index is 0.0358. The number of ketones is 1. The maximum absolute atomic E-state index is 12.9. The number of carbonyl (C=O) groups is 1. The summed E-state index contributed by atoms with van der Waals surface area (Å²) in [4.78, 5) is 12.3. The molecule has 5 heteroatoms. The van der Waals surface area contributed by atoms with Crippen molar-refractivity contribution in [2.45, 2.75) is 6.42 Å². The Morgan fingerprint density at radius 3 is 2.53 bits per heavy atom. The Morgan fingerprint density at radius 2 is 1.94 bits per heavy atom. The van der Waals surface area contributed by atoms with Gasteiger partial charge in [0.2, 0.25) is 0 Å². The zero-order chi connectivity index (χ0) is 12.4. The van der Waals surface area contributed by atoms with Crippen LogP contribution in [-0.2, 0) is 6.42 Å². The topological polar surface area (TPSA) is 17.1 Å². The average molecular weight is 273 g/mol. The Balaban J connectivity index is 2.15. The molecule has 1 aromatic heterocycles. The SMILES string of the molecule is O=C(Cc1ccc(F)c(F)c1)c1ccc(Cl)s1. The summed E-state index contributed by atoms with van der Waals surface area (Å²) >= 11 is 6.88. The van der Waals surface area contributed by atoms with Gasteiger partial charge in [-0.15, -0.1) is 11.3 Å². The van der Waals surface area contributed by atoms with Crippen molar-refractivity contribution in [3.63, 3.8) is 0 Å². The lowest BCUT2D eigenvalue weighted by atomic mass is 10.1. The van der Waals surface area contributed by atoms with Crippen LogP contribution in [-0.4, -0.2) is 5.78 Å². The normalized spacial score (nSPS) is 10.5. The van der Waals surface area contributed by atoms with E-state index in [0.29, 0.717) is 14.8 Å². The third kappa shape index (κ3) is 2.90. The van der Waals surface area contributed by atoms with Gasteiger partial charge in [-0.1, -0.05) is 17.7 Å². The lowest BCUT2D eigenvalue weighted by molar-refractivity contribution is 0.0997. The van der Waals surface area contributed by atoms with Crippen molar-refractivity contribution in [3.8, 4) is 0 Å². The molecule has 0 radical (unpaired) electrons. The zero-order valence-electron chi connectivity index (χ0n) is 8.54. The van der Waals surface area contributed by atoms with E-state index in [2.05, 4.69) is 0 Å². The van der Waals surface area contributed by atoms with Gasteiger partial charge in [0, 0.05) is 6.42 Å². The van der Waals surface area contributed by atoms with Crippen molar-refractivity contribution in [2.75, 3.05) is 0 Å². The van der Waals surface area contributed by atoms with Crippen molar-refractivity contribution in [3.05, 3.63) is 56.7 Å². The first kappa shape index (κ1) is 12.2. The molecule has 0 N–H and O–H groups in total. The minimum Gasteiger partial charge on any atom is -0.293 e. The summed E-state index contributed by atoms with van der Waals surface area (Å²) < 4.78 is 26.1. The molecule has 0 saturated carbocycles. The third-order valence-electron chi connectivity index (χ3n) is 2.20. The third-order valence-corrected chi connectivity index (χ3v) is 3.47. The number of benzene rings is 1. The summed E-state index contributed by atoms with van der Waals surface area (Å²) in [6.07, 6.45) is 0.0358. The van der Waals surface area contributed by atoms with E-state index in [9.17, 15) is 13.6 Å². The van der Waals surface area contributed by atoms with E-state index in [1.165, 1.54) is 17.4 Å². The zero-order valence-corrected chi connectivity index (χ0v) is 10.1. The van der Waals surface area contributed by atoms with Crippen LogP contribution in [0, 0.1) is 11.6 Å². The molecular weight excluding hydrogens is 266 g/mol. The molecule has 88 valence electrons. The Kier molecular flexibility index (Phi) is 3.54. The van der Waals surface area contributed by atoms with Crippen LogP contribution in [0.5, 0.6) is 0 Å². The molecule has 0 aliphatic heterocycles. The van der Waals surface area contributed by atoms with Crippen LogP contribution >= 0.6 is 22.9 Å². The highest BCUT2D eigenvalue weighted by molar-refractivity contribution is 7.18. The highest BCUT2D eigenvalue weighted by Gasteiger charge is 2.11. The van der Waals surface area contributed by atoms with Gasteiger partial charge >= 0.3 is 0 Å². The van der Waals surface area contributed by atoms with Gasteiger partial charge in [-0.05, 0) is 29.8 Å². The van der Waals surface area contributed by atoms with E-state index < -0.39 is 11.6 Å². The predicted molar refractivity (Wildman–Crippen MR) is 63.7 cm³/mol. The molecule has 0 bridgehead atoms. The second-order valence-corrected chi connectivity index (χ2v) is 5.17. The van der Waals surface area contributed by atoms with Crippen LogP contribution < -0.4 is 0 Å². The van der Waals surface area contributed by atoms with Gasteiger partial charge in [-0.2, -0.15) is 0 Å². The lowest BCUT2D eigenvalue weighted by Crippen LogP contribution is -2.01. The quantitative estimate of drug-likeness (QED) is 0.769. The molecule has 2 rings (SSSR count). The molecule has 0 fully saturated rings. The van der Waals surface area contributed by atoms with Gasteiger partial charge in [-0.25, -0.2) is 8.78 Å². The summed E-state index contributed by atoms with van der Waals surface area (Å²) in [5, 5.41) is 0. The van der Waals surface area contributed by atoms with E-state index in [1.807, 2.05) is 0 Å². The number of rotatable bonds is 3. The molecule has 0 aliphatic rings. The Hall–Kier alpha value is -1.26. The molecular formula is C12H7ClF2OS. The largest absolute Gasteiger partial charge is 0.293 e. The second-order valence-electron chi connectivity index (χ2n) is 3.45. The van der Waals surface area contributed by atoms with Crippen LogP contribution in [0.2, 0.25) is 4.34 Å². The van der Waals surface area contributed by atoms with Crippen molar-refractivity contribution >= 4 is 28.7 Å². The number of thiophene rings is 1. The Morgan fingerprint density at radius 1 is 1.18 bits per heavy atom. The predicted octanol–water partition coefficient (Wildman–Crippen LogP) is 4.11. The highest BCUT2D eigenvalue weighted by atomic mass is 35.5. The van der Waals surface area contributed by atoms with E-state index in [1.54, 1.807) is 12.1 Å². The fourth-order valence-corrected chi connectivity index (χ4v) is 2.37. The van der Waals surface area contributed by atoms with E-state index in [4.69, 9.17) is 11.6 Å². The van der Waals surface area contributed by atoms with Crippen molar-refractivity contribution in [2.24, 2.45) is 0 Å². The smallest absolute Gasteiger partial charge is 0.177 e. The van der Waals surface area contributed by atoms with Gasteiger partial charge in [0.05, 0.1) is 9.21 Å². The monoisotopic (exact) mass is 272 g/mol. The number of carbonyl (C=O) groups excluding carboxylic acids is 1. The van der Waals surface area contributed by atoms with Crippen LogP contribution in [0.15, 0.2) is 30.3 Å². The molecule has 0 saturated heterocycles. The maximum Gasteiger partial charge on any atom is 0.177 e. The minimum atomic E-state index is -0.945. The molecule has 0 aliphatic carbocycles. The number of Topliss-reactive ketones (excluding diaryl/α,β-unsaturated/α-hetero) is 1. The molecule has 1 nitrogen and oxygen atoms in total. The van der Waals surface area contributed by atoms with Crippen molar-refractivity contribution in [1.29, 1.82) is 0 Å². The summed E-state index contributed by atoms with van der Waals surface area (Å²) in [7, 11) is 0. The summed E-state index contributed by atoms with van der Waals surface area (Å²) in [5.74, 6) is -2.02. The van der Waals surface area contributed by atoms with Gasteiger partial charge in [0.25, 0.3) is 0 Å². The van der Waals surface area contributed by atoms with Gasteiger partial charge in [-0.3, -0.25) is 4.79 Å². The summed E-state index contributed by atoms with van der Waals surface area (Å²) in [5.41, 5.74) is 0.443. The maximum atomic E-state index is 12.9. The number of hydrogen-bond acceptors (Lipinski definition) is 2. The highest BCUT2D eigenvalue weighted by Crippen LogP contribution is 2.23. The van der Waals surface area contributed by atoms with Crippen molar-refractivity contribution in [1.82, 2.24) is 0 Å². The van der Waals surface area contributed by atoms with Crippen molar-refractivity contribution < 1.29 is 13.6 Å². The standard InChI is InChI=1S/C12H7ClF2OS/c13-12-4-3-11(17-12)10(16)6-7-1-2-8(14)9(15)5-7/h1-5H,6H2. The first-order valence-corrected chi connectivity index (χ1v) is 5.98. The first-order valence-electron chi connectivity index (χ1n) is 4.79. The second kappa shape index (κ2) is 4.94. The van der Waals surface area contributed by atoms with Gasteiger partial charge in [0.1, 0.15) is 0 Å². The van der Waals surface area contributed by atoms with Gasteiger partial charge in [0.15, 0.2) is 17.4 Å². The molecule has 1 aromatic carbocycles.